The van der Waals surface area contributed by atoms with Gasteiger partial charge in [-0.25, -0.2) is 4.98 Å². The van der Waals surface area contributed by atoms with Crippen LogP contribution in [0.2, 0.25) is 5.02 Å². The second-order valence-electron chi connectivity index (χ2n) is 3.62. The standard InChI is InChI=1S/C11H16ClN3O/c1-2-8(7-13)5-11(16)15-10-6-9(12)3-4-14-10/h3-4,6,8H,2,5,7,13H2,1H3,(H,14,15,16). The largest absolute Gasteiger partial charge is 0.330 e. The molecule has 1 atom stereocenters. The number of hydrogen-bond acceptors (Lipinski definition) is 3. The van der Waals surface area contributed by atoms with Gasteiger partial charge in [0.05, 0.1) is 0 Å². The second kappa shape index (κ2) is 6.45. The zero-order chi connectivity index (χ0) is 12.0. The lowest BCUT2D eigenvalue weighted by atomic mass is 10.0. The molecule has 1 aromatic rings. The van der Waals surface area contributed by atoms with Crippen molar-refractivity contribution < 1.29 is 4.79 Å². The number of hydrogen-bond donors (Lipinski definition) is 2. The van der Waals surface area contributed by atoms with Crippen LogP contribution in [-0.2, 0) is 4.79 Å². The second-order valence-corrected chi connectivity index (χ2v) is 4.06. The molecule has 0 saturated carbocycles. The van der Waals surface area contributed by atoms with Crippen LogP contribution in [0.1, 0.15) is 19.8 Å². The highest BCUT2D eigenvalue weighted by Gasteiger charge is 2.10. The highest BCUT2D eigenvalue weighted by molar-refractivity contribution is 6.30. The number of carbonyl (C=O) groups is 1. The Bertz CT molecular complexity index is 353. The molecule has 0 aliphatic rings. The molecule has 0 saturated heterocycles. The third kappa shape index (κ3) is 4.16. The van der Waals surface area contributed by atoms with Crippen molar-refractivity contribution in [1.29, 1.82) is 0 Å². The summed E-state index contributed by atoms with van der Waals surface area (Å²) in [6.45, 7) is 2.54. The molecule has 0 spiro atoms. The maximum absolute atomic E-state index is 11.6. The number of aromatic nitrogens is 1. The summed E-state index contributed by atoms with van der Waals surface area (Å²) in [4.78, 5) is 15.6. The molecule has 1 aromatic heterocycles. The Kier molecular flexibility index (Phi) is 5.22. The number of nitrogens with one attached hydrogen (secondary N) is 1. The summed E-state index contributed by atoms with van der Waals surface area (Å²) < 4.78 is 0. The highest BCUT2D eigenvalue weighted by Crippen LogP contribution is 2.13. The maximum atomic E-state index is 11.6. The van der Waals surface area contributed by atoms with Crippen LogP contribution in [0.5, 0.6) is 0 Å². The third-order valence-electron chi connectivity index (χ3n) is 2.37. The molecule has 3 N–H and O–H groups in total. The maximum Gasteiger partial charge on any atom is 0.225 e. The SMILES string of the molecule is CCC(CN)CC(=O)Nc1cc(Cl)ccn1. The van der Waals surface area contributed by atoms with Gasteiger partial charge in [-0.05, 0) is 24.6 Å². The average molecular weight is 242 g/mol. The molecule has 1 unspecified atom stereocenters. The van der Waals surface area contributed by atoms with Crippen molar-refractivity contribution in [2.75, 3.05) is 11.9 Å². The monoisotopic (exact) mass is 241 g/mol. The minimum atomic E-state index is -0.0768. The van der Waals surface area contributed by atoms with Crippen LogP contribution in [0.15, 0.2) is 18.3 Å². The minimum absolute atomic E-state index is 0.0768. The molecule has 0 radical (unpaired) electrons. The molecule has 1 heterocycles. The van der Waals surface area contributed by atoms with Gasteiger partial charge in [0, 0.05) is 17.6 Å². The van der Waals surface area contributed by atoms with E-state index < -0.39 is 0 Å². The van der Waals surface area contributed by atoms with E-state index in [1.54, 1.807) is 18.3 Å². The van der Waals surface area contributed by atoms with Gasteiger partial charge in [0.1, 0.15) is 5.82 Å². The number of rotatable bonds is 5. The Hall–Kier alpha value is -1.13. The van der Waals surface area contributed by atoms with Crippen LogP contribution >= 0.6 is 11.6 Å². The smallest absolute Gasteiger partial charge is 0.225 e. The summed E-state index contributed by atoms with van der Waals surface area (Å²) in [6, 6.07) is 3.27. The predicted molar refractivity (Wildman–Crippen MR) is 65.3 cm³/mol. The molecule has 1 amide bonds. The van der Waals surface area contributed by atoms with Crippen molar-refractivity contribution in [3.05, 3.63) is 23.4 Å². The molecule has 0 bridgehead atoms. The van der Waals surface area contributed by atoms with Crippen LogP contribution in [0.25, 0.3) is 0 Å². The van der Waals surface area contributed by atoms with Gasteiger partial charge in [0.15, 0.2) is 0 Å². The highest BCUT2D eigenvalue weighted by atomic mass is 35.5. The first-order chi connectivity index (χ1) is 7.65. The lowest BCUT2D eigenvalue weighted by Gasteiger charge is -2.11. The quantitative estimate of drug-likeness (QED) is 0.829. The molecule has 1 rings (SSSR count). The van der Waals surface area contributed by atoms with E-state index in [-0.39, 0.29) is 11.8 Å². The fourth-order valence-corrected chi connectivity index (χ4v) is 1.48. The Morgan fingerprint density at radius 1 is 1.69 bits per heavy atom. The number of pyridine rings is 1. The first-order valence-corrected chi connectivity index (χ1v) is 5.65. The van der Waals surface area contributed by atoms with Crippen molar-refractivity contribution in [1.82, 2.24) is 4.98 Å². The summed E-state index contributed by atoms with van der Waals surface area (Å²) in [6.07, 6.45) is 2.87. The van der Waals surface area contributed by atoms with E-state index in [1.807, 2.05) is 6.92 Å². The molecule has 0 fully saturated rings. The zero-order valence-electron chi connectivity index (χ0n) is 9.24. The normalized spacial score (nSPS) is 12.2. The van der Waals surface area contributed by atoms with Crippen molar-refractivity contribution in [3.63, 3.8) is 0 Å². The number of anilines is 1. The Labute approximate surface area is 100 Å². The topological polar surface area (TPSA) is 68.0 Å². The van der Waals surface area contributed by atoms with Gasteiger partial charge in [0.2, 0.25) is 5.91 Å². The molecular formula is C11H16ClN3O. The van der Waals surface area contributed by atoms with Gasteiger partial charge >= 0.3 is 0 Å². The van der Waals surface area contributed by atoms with Gasteiger partial charge in [-0.1, -0.05) is 24.9 Å². The molecule has 0 aliphatic heterocycles. The molecule has 88 valence electrons. The van der Waals surface area contributed by atoms with E-state index in [9.17, 15) is 4.79 Å². The summed E-state index contributed by atoms with van der Waals surface area (Å²) in [5.41, 5.74) is 5.53. The van der Waals surface area contributed by atoms with E-state index in [1.165, 1.54) is 0 Å². The summed E-state index contributed by atoms with van der Waals surface area (Å²) >= 11 is 5.78. The van der Waals surface area contributed by atoms with E-state index >= 15 is 0 Å². The van der Waals surface area contributed by atoms with Crippen molar-refractivity contribution in [3.8, 4) is 0 Å². The Balaban J connectivity index is 2.51. The van der Waals surface area contributed by atoms with Crippen LogP contribution in [0, 0.1) is 5.92 Å². The number of nitrogens with zero attached hydrogens (tertiary/aromatic N) is 1. The summed E-state index contributed by atoms with van der Waals surface area (Å²) in [7, 11) is 0. The number of halogens is 1. The fraction of sp³-hybridized carbons (Fsp3) is 0.455. The summed E-state index contributed by atoms with van der Waals surface area (Å²) in [5, 5.41) is 3.24. The first kappa shape index (κ1) is 12.9. The number of carbonyl (C=O) groups excluding carboxylic acids is 1. The van der Waals surface area contributed by atoms with Gasteiger partial charge in [-0.2, -0.15) is 0 Å². The van der Waals surface area contributed by atoms with Gasteiger partial charge in [-0.3, -0.25) is 4.79 Å². The first-order valence-electron chi connectivity index (χ1n) is 5.27. The Morgan fingerprint density at radius 3 is 3.00 bits per heavy atom. The van der Waals surface area contributed by atoms with E-state index in [4.69, 9.17) is 17.3 Å². The van der Waals surface area contributed by atoms with E-state index in [0.29, 0.717) is 23.8 Å². The molecular weight excluding hydrogens is 226 g/mol. The van der Waals surface area contributed by atoms with Crippen LogP contribution in [0.4, 0.5) is 5.82 Å². The Morgan fingerprint density at radius 2 is 2.44 bits per heavy atom. The minimum Gasteiger partial charge on any atom is -0.330 e. The van der Waals surface area contributed by atoms with Crippen LogP contribution < -0.4 is 11.1 Å². The lowest BCUT2D eigenvalue weighted by Crippen LogP contribution is -2.22. The third-order valence-corrected chi connectivity index (χ3v) is 2.61. The zero-order valence-corrected chi connectivity index (χ0v) is 10.00. The lowest BCUT2D eigenvalue weighted by molar-refractivity contribution is -0.117. The molecule has 4 nitrogen and oxygen atoms in total. The predicted octanol–water partition coefficient (Wildman–Crippen LogP) is 2.05. The van der Waals surface area contributed by atoms with Gasteiger partial charge in [-0.15, -0.1) is 0 Å². The molecule has 0 aromatic carbocycles. The molecule has 0 aliphatic carbocycles. The fourth-order valence-electron chi connectivity index (χ4n) is 1.32. The van der Waals surface area contributed by atoms with E-state index in [0.717, 1.165) is 6.42 Å². The van der Waals surface area contributed by atoms with Crippen molar-refractivity contribution in [2.24, 2.45) is 11.7 Å². The molecule has 16 heavy (non-hydrogen) atoms. The molecule has 5 heteroatoms. The average Bonchev–Trinajstić information content (AvgIpc) is 2.26. The van der Waals surface area contributed by atoms with Crippen molar-refractivity contribution in [2.45, 2.75) is 19.8 Å². The number of nitrogens with two attached hydrogens (primary N) is 1. The van der Waals surface area contributed by atoms with Crippen molar-refractivity contribution >= 4 is 23.3 Å². The summed E-state index contributed by atoms with van der Waals surface area (Å²) in [5.74, 6) is 0.621. The van der Waals surface area contributed by atoms with Crippen LogP contribution in [0.3, 0.4) is 0 Å². The van der Waals surface area contributed by atoms with Gasteiger partial charge < -0.3 is 11.1 Å². The van der Waals surface area contributed by atoms with Gasteiger partial charge in [0.25, 0.3) is 0 Å². The number of amides is 1. The van der Waals surface area contributed by atoms with Crippen LogP contribution in [-0.4, -0.2) is 17.4 Å². The van der Waals surface area contributed by atoms with E-state index in [2.05, 4.69) is 10.3 Å².